The van der Waals surface area contributed by atoms with Crippen LogP contribution >= 0.6 is 12.2 Å². The molecule has 18 heavy (non-hydrogen) atoms. The number of hydrogen-bond donors (Lipinski definition) is 1. The number of nitrogens with two attached hydrogens (primary N) is 1. The van der Waals surface area contributed by atoms with Crippen molar-refractivity contribution >= 4 is 23.1 Å². The Hall–Kier alpha value is -1.43. The Kier molecular flexibility index (Phi) is 5.27. The molecule has 0 spiro atoms. The van der Waals surface area contributed by atoms with E-state index in [2.05, 4.69) is 4.98 Å². The maximum Gasteiger partial charge on any atom is 0.232 e. The third kappa shape index (κ3) is 3.53. The van der Waals surface area contributed by atoms with E-state index < -0.39 is 0 Å². The second kappa shape index (κ2) is 6.49. The van der Waals surface area contributed by atoms with Crippen LogP contribution in [0.25, 0.3) is 0 Å². The highest BCUT2D eigenvalue weighted by molar-refractivity contribution is 7.80. The highest BCUT2D eigenvalue weighted by Crippen LogP contribution is 2.12. The number of imidazole rings is 1. The molecule has 0 aliphatic heterocycles. The maximum absolute atomic E-state index is 12.2. The first-order chi connectivity index (χ1) is 8.47. The largest absolute Gasteiger partial charge is 0.393 e. The predicted molar refractivity (Wildman–Crippen MR) is 74.9 cm³/mol. The summed E-state index contributed by atoms with van der Waals surface area (Å²) in [6, 6.07) is 0. The lowest BCUT2D eigenvalue weighted by molar-refractivity contribution is -0.132. The van der Waals surface area contributed by atoms with Gasteiger partial charge in [-0.05, 0) is 6.42 Å². The number of nitrogens with zero attached hydrogens (tertiary/aromatic N) is 3. The number of amides is 1. The second-order valence-electron chi connectivity index (χ2n) is 4.39. The van der Waals surface area contributed by atoms with Crippen molar-refractivity contribution in [2.75, 3.05) is 7.05 Å². The van der Waals surface area contributed by atoms with Gasteiger partial charge in [-0.15, -0.1) is 0 Å². The van der Waals surface area contributed by atoms with Crippen LogP contribution in [-0.2, 0) is 18.4 Å². The quantitative estimate of drug-likeness (QED) is 0.784. The van der Waals surface area contributed by atoms with Crippen LogP contribution in [0.1, 0.15) is 25.6 Å². The van der Waals surface area contributed by atoms with E-state index >= 15 is 0 Å². The van der Waals surface area contributed by atoms with E-state index in [1.54, 1.807) is 18.1 Å². The van der Waals surface area contributed by atoms with E-state index in [9.17, 15) is 4.79 Å². The Balaban J connectivity index is 2.70. The zero-order valence-corrected chi connectivity index (χ0v) is 11.9. The van der Waals surface area contributed by atoms with Gasteiger partial charge in [0.05, 0.1) is 17.5 Å². The lowest BCUT2D eigenvalue weighted by Gasteiger charge is -2.22. The molecule has 1 aromatic heterocycles. The fraction of sp³-hybridized carbons (Fsp3) is 0.583. The van der Waals surface area contributed by atoms with Crippen LogP contribution in [0.4, 0.5) is 0 Å². The van der Waals surface area contributed by atoms with Crippen molar-refractivity contribution in [2.45, 2.75) is 26.3 Å². The van der Waals surface area contributed by atoms with Gasteiger partial charge in [0.2, 0.25) is 5.91 Å². The number of carbonyl (C=O) groups is 1. The molecule has 100 valence electrons. The van der Waals surface area contributed by atoms with E-state index in [0.717, 1.165) is 12.2 Å². The van der Waals surface area contributed by atoms with Gasteiger partial charge in [0.1, 0.15) is 5.82 Å². The summed E-state index contributed by atoms with van der Waals surface area (Å²) in [7, 11) is 3.65. The first kappa shape index (κ1) is 14.6. The fourth-order valence-electron chi connectivity index (χ4n) is 1.78. The number of aromatic nitrogens is 2. The molecule has 0 aromatic carbocycles. The number of hydrogen-bond acceptors (Lipinski definition) is 3. The summed E-state index contributed by atoms with van der Waals surface area (Å²) in [6.07, 6.45) is 5.14. The topological polar surface area (TPSA) is 64.2 Å². The Bertz CT molecular complexity index is 429. The smallest absolute Gasteiger partial charge is 0.232 e. The summed E-state index contributed by atoms with van der Waals surface area (Å²) in [6.45, 7) is 2.47. The van der Waals surface area contributed by atoms with Crippen molar-refractivity contribution in [1.29, 1.82) is 0 Å². The normalized spacial score (nSPS) is 12.2. The zero-order chi connectivity index (χ0) is 13.7. The van der Waals surface area contributed by atoms with Gasteiger partial charge in [-0.3, -0.25) is 4.79 Å². The highest BCUT2D eigenvalue weighted by atomic mass is 32.1. The molecule has 1 unspecified atom stereocenters. The summed E-state index contributed by atoms with van der Waals surface area (Å²) in [4.78, 5) is 18.3. The number of aryl methyl sites for hydroxylation is 1. The summed E-state index contributed by atoms with van der Waals surface area (Å²) in [5.41, 5.74) is 5.63. The molecule has 0 radical (unpaired) electrons. The Morgan fingerprint density at radius 1 is 1.67 bits per heavy atom. The van der Waals surface area contributed by atoms with E-state index in [4.69, 9.17) is 18.0 Å². The molecule has 2 N–H and O–H groups in total. The first-order valence-electron chi connectivity index (χ1n) is 5.97. The molecular formula is C12H20N4OS. The van der Waals surface area contributed by atoms with Crippen molar-refractivity contribution < 1.29 is 4.79 Å². The predicted octanol–water partition coefficient (Wildman–Crippen LogP) is 1.08. The van der Waals surface area contributed by atoms with Gasteiger partial charge in [0, 0.05) is 26.5 Å². The molecule has 1 rings (SSSR count). The van der Waals surface area contributed by atoms with E-state index in [0.29, 0.717) is 13.0 Å². The Morgan fingerprint density at radius 2 is 2.33 bits per heavy atom. The monoisotopic (exact) mass is 268 g/mol. The van der Waals surface area contributed by atoms with Gasteiger partial charge in [-0.25, -0.2) is 4.98 Å². The van der Waals surface area contributed by atoms with Crippen molar-refractivity contribution in [1.82, 2.24) is 14.5 Å². The standard InChI is InChI=1S/C12H20N4OS/c1-4-5-9(11(13)18)12(17)16(3)8-10-14-6-7-15(10)2/h6-7,9H,4-5,8H2,1-3H3,(H2,13,18). The van der Waals surface area contributed by atoms with Gasteiger partial charge in [0.25, 0.3) is 0 Å². The average Bonchev–Trinajstić information content (AvgIpc) is 2.70. The van der Waals surface area contributed by atoms with Crippen LogP contribution < -0.4 is 5.73 Å². The minimum Gasteiger partial charge on any atom is -0.393 e. The van der Waals surface area contributed by atoms with Crippen molar-refractivity contribution in [3.8, 4) is 0 Å². The van der Waals surface area contributed by atoms with Crippen molar-refractivity contribution in [3.05, 3.63) is 18.2 Å². The van der Waals surface area contributed by atoms with Crippen LogP contribution in [0.15, 0.2) is 12.4 Å². The van der Waals surface area contributed by atoms with Crippen molar-refractivity contribution in [2.24, 2.45) is 18.7 Å². The summed E-state index contributed by atoms with van der Waals surface area (Å²) < 4.78 is 1.89. The summed E-state index contributed by atoms with van der Waals surface area (Å²) in [5, 5.41) is 0. The minimum absolute atomic E-state index is 0.0349. The molecule has 0 aliphatic rings. The lowest BCUT2D eigenvalue weighted by atomic mass is 10.0. The molecule has 0 aliphatic carbocycles. The van der Waals surface area contributed by atoms with Gasteiger partial charge in [0.15, 0.2) is 0 Å². The van der Waals surface area contributed by atoms with Gasteiger partial charge < -0.3 is 15.2 Å². The van der Waals surface area contributed by atoms with Crippen LogP contribution in [-0.4, -0.2) is 32.4 Å². The minimum atomic E-state index is -0.365. The zero-order valence-electron chi connectivity index (χ0n) is 11.1. The third-order valence-electron chi connectivity index (χ3n) is 2.89. The Morgan fingerprint density at radius 3 is 2.78 bits per heavy atom. The fourth-order valence-corrected chi connectivity index (χ4v) is 2.00. The SMILES string of the molecule is CCCC(C(=O)N(C)Cc1nccn1C)C(N)=S. The molecule has 0 saturated heterocycles. The summed E-state index contributed by atoms with van der Waals surface area (Å²) in [5.74, 6) is 0.437. The number of thiocarbonyl (C=S) groups is 1. The molecule has 5 nitrogen and oxygen atoms in total. The first-order valence-corrected chi connectivity index (χ1v) is 6.38. The molecule has 0 bridgehead atoms. The lowest BCUT2D eigenvalue weighted by Crippen LogP contribution is -2.39. The molecule has 6 heteroatoms. The molecule has 0 fully saturated rings. The third-order valence-corrected chi connectivity index (χ3v) is 3.18. The molecular weight excluding hydrogens is 248 g/mol. The number of rotatable bonds is 6. The van der Waals surface area contributed by atoms with E-state index in [-0.39, 0.29) is 16.8 Å². The molecule has 1 atom stereocenters. The maximum atomic E-state index is 12.2. The van der Waals surface area contributed by atoms with Gasteiger partial charge >= 0.3 is 0 Å². The molecule has 1 amide bonds. The van der Waals surface area contributed by atoms with Crippen LogP contribution in [0.3, 0.4) is 0 Å². The van der Waals surface area contributed by atoms with Gasteiger partial charge in [-0.2, -0.15) is 0 Å². The van der Waals surface area contributed by atoms with Gasteiger partial charge in [-0.1, -0.05) is 25.6 Å². The Labute approximate surface area is 113 Å². The van der Waals surface area contributed by atoms with Crippen molar-refractivity contribution in [3.63, 3.8) is 0 Å². The second-order valence-corrected chi connectivity index (χ2v) is 4.86. The average molecular weight is 268 g/mol. The number of carbonyl (C=O) groups excluding carboxylic acids is 1. The molecule has 0 saturated carbocycles. The molecule has 1 aromatic rings. The van der Waals surface area contributed by atoms with Crippen LogP contribution in [0.2, 0.25) is 0 Å². The summed E-state index contributed by atoms with van der Waals surface area (Å²) >= 11 is 4.96. The van der Waals surface area contributed by atoms with E-state index in [1.807, 2.05) is 24.7 Å². The molecule has 1 heterocycles. The van der Waals surface area contributed by atoms with E-state index in [1.165, 1.54) is 0 Å². The highest BCUT2D eigenvalue weighted by Gasteiger charge is 2.24. The van der Waals surface area contributed by atoms with Crippen LogP contribution in [0, 0.1) is 5.92 Å². The van der Waals surface area contributed by atoms with Crippen LogP contribution in [0.5, 0.6) is 0 Å².